The number of hydrogen-bond donors (Lipinski definition) is 1. The zero-order chi connectivity index (χ0) is 19.1. The van der Waals surface area contributed by atoms with Crippen LogP contribution in [0.5, 0.6) is 0 Å². The Morgan fingerprint density at radius 2 is 1.74 bits per heavy atom. The van der Waals surface area contributed by atoms with Crippen molar-refractivity contribution in [3.63, 3.8) is 0 Å². The standard InChI is InChI=1S/C20H27N3O4/c24-18(22-11-6-7-12-22)14-23-13-5-4-10-17(19(23)25)21-20(26)27-15-16-8-2-1-3-9-16/h1-3,8-9,17H,4-7,10-15H2,(H,21,26)/t17-/m0/s1. The minimum atomic E-state index is -0.637. The van der Waals surface area contributed by atoms with E-state index < -0.39 is 12.1 Å². The Kier molecular flexibility index (Phi) is 6.68. The van der Waals surface area contributed by atoms with Crippen LogP contribution in [0.15, 0.2) is 30.3 Å². The number of amides is 3. The van der Waals surface area contributed by atoms with Crippen molar-refractivity contribution in [1.82, 2.24) is 15.1 Å². The van der Waals surface area contributed by atoms with Crippen LogP contribution in [-0.2, 0) is 20.9 Å². The molecule has 2 heterocycles. The Morgan fingerprint density at radius 1 is 1.04 bits per heavy atom. The van der Waals surface area contributed by atoms with Crippen molar-refractivity contribution in [3.05, 3.63) is 35.9 Å². The lowest BCUT2D eigenvalue weighted by atomic mass is 10.1. The van der Waals surface area contributed by atoms with Crippen molar-refractivity contribution >= 4 is 17.9 Å². The summed E-state index contributed by atoms with van der Waals surface area (Å²) in [5.74, 6) is -0.204. The van der Waals surface area contributed by atoms with E-state index >= 15 is 0 Å². The Hall–Kier alpha value is -2.57. The van der Waals surface area contributed by atoms with Crippen LogP contribution in [-0.4, -0.2) is 59.9 Å². The van der Waals surface area contributed by atoms with Gasteiger partial charge in [-0.3, -0.25) is 9.59 Å². The van der Waals surface area contributed by atoms with Crippen LogP contribution in [0.25, 0.3) is 0 Å². The van der Waals surface area contributed by atoms with Gasteiger partial charge in [0.15, 0.2) is 0 Å². The fraction of sp³-hybridized carbons (Fsp3) is 0.550. The van der Waals surface area contributed by atoms with E-state index in [0.717, 1.165) is 44.3 Å². The average Bonchev–Trinajstić information content (AvgIpc) is 3.17. The molecule has 2 aliphatic heterocycles. The van der Waals surface area contributed by atoms with Gasteiger partial charge in [0.1, 0.15) is 12.6 Å². The Labute approximate surface area is 159 Å². The van der Waals surface area contributed by atoms with Crippen molar-refractivity contribution in [2.75, 3.05) is 26.2 Å². The van der Waals surface area contributed by atoms with Crippen molar-refractivity contribution in [2.45, 2.75) is 44.8 Å². The van der Waals surface area contributed by atoms with Crippen molar-refractivity contribution in [3.8, 4) is 0 Å². The second-order valence-corrected chi connectivity index (χ2v) is 7.10. The quantitative estimate of drug-likeness (QED) is 0.855. The SMILES string of the molecule is O=C(N[C@H]1CCCCN(CC(=O)N2CCCC2)C1=O)OCc1ccccc1. The van der Waals surface area contributed by atoms with Gasteiger partial charge < -0.3 is 19.9 Å². The van der Waals surface area contributed by atoms with Gasteiger partial charge in [0.2, 0.25) is 11.8 Å². The fourth-order valence-electron chi connectivity index (χ4n) is 3.53. The summed E-state index contributed by atoms with van der Waals surface area (Å²) in [5.41, 5.74) is 0.887. The summed E-state index contributed by atoms with van der Waals surface area (Å²) >= 11 is 0. The maximum atomic E-state index is 12.8. The molecule has 0 aromatic heterocycles. The molecule has 7 heteroatoms. The maximum Gasteiger partial charge on any atom is 0.408 e. The molecular weight excluding hydrogens is 346 g/mol. The fourth-order valence-corrected chi connectivity index (χ4v) is 3.53. The van der Waals surface area contributed by atoms with Crippen LogP contribution >= 0.6 is 0 Å². The molecule has 0 spiro atoms. The molecule has 1 aromatic rings. The highest BCUT2D eigenvalue weighted by Crippen LogP contribution is 2.14. The molecule has 0 aliphatic carbocycles. The van der Waals surface area contributed by atoms with Gasteiger partial charge in [0.25, 0.3) is 0 Å². The third-order valence-corrected chi connectivity index (χ3v) is 5.07. The summed E-state index contributed by atoms with van der Waals surface area (Å²) in [7, 11) is 0. The van der Waals surface area contributed by atoms with E-state index in [1.807, 2.05) is 35.2 Å². The van der Waals surface area contributed by atoms with Gasteiger partial charge in [-0.05, 0) is 37.7 Å². The molecule has 0 bridgehead atoms. The van der Waals surface area contributed by atoms with E-state index in [1.165, 1.54) is 0 Å². The van der Waals surface area contributed by atoms with Crippen LogP contribution < -0.4 is 5.32 Å². The van der Waals surface area contributed by atoms with Gasteiger partial charge in [-0.1, -0.05) is 30.3 Å². The molecule has 1 aromatic carbocycles. The van der Waals surface area contributed by atoms with Crippen LogP contribution in [0.3, 0.4) is 0 Å². The molecule has 0 unspecified atom stereocenters. The first-order valence-corrected chi connectivity index (χ1v) is 9.67. The molecular formula is C20H27N3O4. The number of alkyl carbamates (subject to hydrolysis) is 1. The number of carbonyl (C=O) groups is 3. The summed E-state index contributed by atoms with van der Waals surface area (Å²) in [5, 5.41) is 2.67. The zero-order valence-corrected chi connectivity index (χ0v) is 15.6. The third-order valence-electron chi connectivity index (χ3n) is 5.07. The van der Waals surface area contributed by atoms with Gasteiger partial charge in [-0.2, -0.15) is 0 Å². The number of hydrogen-bond acceptors (Lipinski definition) is 4. The number of ether oxygens (including phenoxy) is 1. The second kappa shape index (κ2) is 9.39. The maximum absolute atomic E-state index is 12.8. The summed E-state index contributed by atoms with van der Waals surface area (Å²) in [6.45, 7) is 2.35. The van der Waals surface area contributed by atoms with Crippen LogP contribution in [0, 0.1) is 0 Å². The molecule has 27 heavy (non-hydrogen) atoms. The molecule has 7 nitrogen and oxygen atoms in total. The Balaban J connectivity index is 1.51. The highest BCUT2D eigenvalue weighted by Gasteiger charge is 2.31. The summed E-state index contributed by atoms with van der Waals surface area (Å²) in [4.78, 5) is 40.7. The molecule has 146 valence electrons. The van der Waals surface area contributed by atoms with Crippen molar-refractivity contribution in [1.29, 1.82) is 0 Å². The van der Waals surface area contributed by atoms with Gasteiger partial charge in [0, 0.05) is 19.6 Å². The van der Waals surface area contributed by atoms with Crippen LogP contribution in [0.2, 0.25) is 0 Å². The molecule has 0 saturated carbocycles. The van der Waals surface area contributed by atoms with E-state index in [4.69, 9.17) is 4.74 Å². The molecule has 2 aliphatic rings. The van der Waals surface area contributed by atoms with E-state index in [2.05, 4.69) is 5.32 Å². The number of carbonyl (C=O) groups excluding carboxylic acids is 3. The number of benzene rings is 1. The molecule has 1 atom stereocenters. The lowest BCUT2D eigenvalue weighted by Crippen LogP contribution is -2.50. The summed E-state index contributed by atoms with van der Waals surface area (Å²) < 4.78 is 5.22. The van der Waals surface area contributed by atoms with Crippen molar-refractivity contribution < 1.29 is 19.1 Å². The van der Waals surface area contributed by atoms with Crippen LogP contribution in [0.4, 0.5) is 4.79 Å². The summed E-state index contributed by atoms with van der Waals surface area (Å²) in [6, 6.07) is 8.75. The molecule has 1 N–H and O–H groups in total. The van der Waals surface area contributed by atoms with E-state index in [9.17, 15) is 14.4 Å². The highest BCUT2D eigenvalue weighted by atomic mass is 16.5. The van der Waals surface area contributed by atoms with E-state index in [0.29, 0.717) is 13.0 Å². The lowest BCUT2D eigenvalue weighted by Gasteiger charge is -2.26. The number of likely N-dealkylation sites (tertiary alicyclic amines) is 2. The zero-order valence-electron chi connectivity index (χ0n) is 15.6. The molecule has 3 amide bonds. The van der Waals surface area contributed by atoms with Gasteiger partial charge in [0.05, 0.1) is 6.54 Å². The lowest BCUT2D eigenvalue weighted by molar-refractivity contribution is -0.140. The van der Waals surface area contributed by atoms with Gasteiger partial charge in [-0.15, -0.1) is 0 Å². The van der Waals surface area contributed by atoms with Gasteiger partial charge >= 0.3 is 6.09 Å². The predicted molar refractivity (Wildman–Crippen MR) is 99.8 cm³/mol. The minimum Gasteiger partial charge on any atom is -0.445 e. The number of nitrogens with zero attached hydrogens (tertiary/aromatic N) is 2. The topological polar surface area (TPSA) is 79.0 Å². The predicted octanol–water partition coefficient (Wildman–Crippen LogP) is 1.92. The van der Waals surface area contributed by atoms with Crippen LogP contribution in [0.1, 0.15) is 37.7 Å². The third kappa shape index (κ3) is 5.45. The van der Waals surface area contributed by atoms with Crippen molar-refractivity contribution in [2.24, 2.45) is 0 Å². The second-order valence-electron chi connectivity index (χ2n) is 7.10. The number of rotatable bonds is 5. The molecule has 0 radical (unpaired) electrons. The Morgan fingerprint density at radius 3 is 2.48 bits per heavy atom. The minimum absolute atomic E-state index is 0.00634. The first-order chi connectivity index (χ1) is 13.1. The Bertz CT molecular complexity index is 658. The highest BCUT2D eigenvalue weighted by molar-refractivity contribution is 5.89. The number of nitrogens with one attached hydrogen (secondary N) is 1. The van der Waals surface area contributed by atoms with E-state index in [-0.39, 0.29) is 25.0 Å². The van der Waals surface area contributed by atoms with E-state index in [1.54, 1.807) is 4.90 Å². The smallest absolute Gasteiger partial charge is 0.408 e. The van der Waals surface area contributed by atoms with Gasteiger partial charge in [-0.25, -0.2) is 4.79 Å². The summed E-state index contributed by atoms with van der Waals surface area (Å²) in [6.07, 6.45) is 3.66. The molecule has 2 fully saturated rings. The largest absolute Gasteiger partial charge is 0.445 e. The molecule has 3 rings (SSSR count). The monoisotopic (exact) mass is 373 g/mol. The average molecular weight is 373 g/mol. The molecule has 2 saturated heterocycles. The normalized spacial score (nSPS) is 20.3. The first-order valence-electron chi connectivity index (χ1n) is 9.67. The first kappa shape index (κ1) is 19.2.